The molecule has 1 amide bonds. The van der Waals surface area contributed by atoms with E-state index in [0.29, 0.717) is 37.3 Å². The second-order valence-corrected chi connectivity index (χ2v) is 6.00. The van der Waals surface area contributed by atoms with Crippen molar-refractivity contribution in [1.29, 1.82) is 0 Å². The number of halogens is 1. The fourth-order valence-electron chi connectivity index (χ4n) is 1.93. The summed E-state index contributed by atoms with van der Waals surface area (Å²) in [6, 6.07) is 5.62. The van der Waals surface area contributed by atoms with E-state index in [0.717, 1.165) is 13.0 Å². The Morgan fingerprint density at radius 3 is 2.60 bits per heavy atom. The SMILES string of the molecule is CCNC(=NCC(=O)Nc1ccc(F)cc1)NCCCOCC(C)C. The number of hydrogen-bond donors (Lipinski definition) is 3. The Morgan fingerprint density at radius 1 is 1.24 bits per heavy atom. The predicted molar refractivity (Wildman–Crippen MR) is 99.3 cm³/mol. The molecule has 0 aromatic heterocycles. The van der Waals surface area contributed by atoms with Gasteiger partial charge in [-0.05, 0) is 43.5 Å². The lowest BCUT2D eigenvalue weighted by Crippen LogP contribution is -2.38. The smallest absolute Gasteiger partial charge is 0.246 e. The first-order chi connectivity index (χ1) is 12.0. The van der Waals surface area contributed by atoms with Gasteiger partial charge in [0.15, 0.2) is 5.96 Å². The third-order valence-electron chi connectivity index (χ3n) is 3.06. The molecule has 0 saturated carbocycles. The standard InChI is InChI=1S/C18H29FN4O2/c1-4-20-18(21-10-5-11-25-13-14(2)3)22-12-17(24)23-16-8-6-15(19)7-9-16/h6-9,14H,4-5,10-13H2,1-3H3,(H,23,24)(H2,20,21,22). The maximum Gasteiger partial charge on any atom is 0.246 e. The van der Waals surface area contributed by atoms with Crippen molar-refractivity contribution >= 4 is 17.6 Å². The summed E-state index contributed by atoms with van der Waals surface area (Å²) in [5, 5.41) is 8.92. The molecule has 140 valence electrons. The molecule has 0 fully saturated rings. The molecule has 6 nitrogen and oxygen atoms in total. The first-order valence-corrected chi connectivity index (χ1v) is 8.66. The van der Waals surface area contributed by atoms with Crippen LogP contribution < -0.4 is 16.0 Å². The summed E-state index contributed by atoms with van der Waals surface area (Å²) >= 11 is 0. The minimum absolute atomic E-state index is 0.0173. The quantitative estimate of drug-likeness (QED) is 0.343. The summed E-state index contributed by atoms with van der Waals surface area (Å²) in [7, 11) is 0. The predicted octanol–water partition coefficient (Wildman–Crippen LogP) is 2.38. The highest BCUT2D eigenvalue weighted by Gasteiger charge is 2.03. The number of carbonyl (C=O) groups excluding carboxylic acids is 1. The van der Waals surface area contributed by atoms with Crippen LogP contribution in [0.2, 0.25) is 0 Å². The van der Waals surface area contributed by atoms with Crippen LogP contribution in [0.1, 0.15) is 27.2 Å². The third kappa shape index (κ3) is 10.3. The van der Waals surface area contributed by atoms with Crippen molar-refractivity contribution in [2.45, 2.75) is 27.2 Å². The number of anilines is 1. The molecular weight excluding hydrogens is 323 g/mol. The maximum atomic E-state index is 12.8. The summed E-state index contributed by atoms with van der Waals surface area (Å²) in [6.07, 6.45) is 0.860. The fraction of sp³-hybridized carbons (Fsp3) is 0.556. The lowest BCUT2D eigenvalue weighted by molar-refractivity contribution is -0.114. The molecule has 0 radical (unpaired) electrons. The number of amides is 1. The Bertz CT molecular complexity index is 532. The molecule has 1 aromatic carbocycles. The van der Waals surface area contributed by atoms with E-state index in [1.54, 1.807) is 0 Å². The highest BCUT2D eigenvalue weighted by atomic mass is 19.1. The van der Waals surface area contributed by atoms with Crippen molar-refractivity contribution in [3.63, 3.8) is 0 Å². The third-order valence-corrected chi connectivity index (χ3v) is 3.06. The highest BCUT2D eigenvalue weighted by Crippen LogP contribution is 2.07. The van der Waals surface area contributed by atoms with Crippen molar-refractivity contribution in [2.24, 2.45) is 10.9 Å². The van der Waals surface area contributed by atoms with Crippen LogP contribution in [0, 0.1) is 11.7 Å². The van der Waals surface area contributed by atoms with E-state index in [1.807, 2.05) is 6.92 Å². The zero-order chi connectivity index (χ0) is 18.5. The first kappa shape index (κ1) is 20.9. The molecule has 1 rings (SSSR count). The number of benzene rings is 1. The molecule has 0 aliphatic heterocycles. The van der Waals surface area contributed by atoms with E-state index >= 15 is 0 Å². The molecule has 0 aliphatic rings. The molecule has 0 aliphatic carbocycles. The van der Waals surface area contributed by atoms with E-state index in [9.17, 15) is 9.18 Å². The van der Waals surface area contributed by atoms with Crippen LogP contribution >= 0.6 is 0 Å². The molecule has 7 heteroatoms. The summed E-state index contributed by atoms with van der Waals surface area (Å²) in [5.74, 6) is 0.517. The molecule has 25 heavy (non-hydrogen) atoms. The van der Waals surface area contributed by atoms with Gasteiger partial charge in [0.1, 0.15) is 12.4 Å². The Kier molecular flexibility index (Phi) is 10.2. The van der Waals surface area contributed by atoms with Gasteiger partial charge in [-0.1, -0.05) is 13.8 Å². The van der Waals surface area contributed by atoms with Gasteiger partial charge in [0.2, 0.25) is 5.91 Å². The van der Waals surface area contributed by atoms with Gasteiger partial charge in [0.05, 0.1) is 0 Å². The number of carbonyl (C=O) groups is 1. The topological polar surface area (TPSA) is 74.8 Å². The van der Waals surface area contributed by atoms with Gasteiger partial charge in [-0.15, -0.1) is 0 Å². The van der Waals surface area contributed by atoms with E-state index in [4.69, 9.17) is 4.74 Å². The van der Waals surface area contributed by atoms with Crippen LogP contribution in [0.15, 0.2) is 29.3 Å². The average Bonchev–Trinajstić information content (AvgIpc) is 2.57. The van der Waals surface area contributed by atoms with Gasteiger partial charge in [-0.25, -0.2) is 9.38 Å². The molecule has 0 heterocycles. The van der Waals surface area contributed by atoms with Gasteiger partial charge in [0, 0.05) is 32.0 Å². The molecule has 0 saturated heterocycles. The largest absolute Gasteiger partial charge is 0.381 e. The van der Waals surface area contributed by atoms with Crippen molar-refractivity contribution < 1.29 is 13.9 Å². The number of hydrogen-bond acceptors (Lipinski definition) is 3. The lowest BCUT2D eigenvalue weighted by atomic mass is 10.2. The van der Waals surface area contributed by atoms with Crippen LogP contribution in [0.4, 0.5) is 10.1 Å². The zero-order valence-corrected chi connectivity index (χ0v) is 15.3. The number of nitrogens with zero attached hydrogens (tertiary/aromatic N) is 1. The second kappa shape index (κ2) is 12.2. The molecule has 1 aromatic rings. The van der Waals surface area contributed by atoms with Crippen LogP contribution in [0.25, 0.3) is 0 Å². The molecule has 0 unspecified atom stereocenters. The molecule has 0 bridgehead atoms. The van der Waals surface area contributed by atoms with E-state index in [2.05, 4.69) is 34.8 Å². The summed E-state index contributed by atoms with van der Waals surface area (Å²) < 4.78 is 18.4. The number of nitrogens with one attached hydrogen (secondary N) is 3. The van der Waals surface area contributed by atoms with Crippen molar-refractivity contribution in [2.75, 3.05) is 38.2 Å². The number of ether oxygens (including phenoxy) is 1. The zero-order valence-electron chi connectivity index (χ0n) is 15.3. The van der Waals surface area contributed by atoms with Gasteiger partial charge < -0.3 is 20.7 Å². The fourth-order valence-corrected chi connectivity index (χ4v) is 1.93. The van der Waals surface area contributed by atoms with Gasteiger partial charge in [-0.3, -0.25) is 4.79 Å². The molecule has 0 atom stereocenters. The van der Waals surface area contributed by atoms with Crippen LogP contribution in [0.3, 0.4) is 0 Å². The Balaban J connectivity index is 2.33. The van der Waals surface area contributed by atoms with Crippen LogP contribution in [0.5, 0.6) is 0 Å². The Hall–Kier alpha value is -2.15. The number of rotatable bonds is 10. The Morgan fingerprint density at radius 2 is 1.96 bits per heavy atom. The summed E-state index contributed by atoms with van der Waals surface area (Å²) in [5.41, 5.74) is 0.543. The minimum Gasteiger partial charge on any atom is -0.381 e. The van der Waals surface area contributed by atoms with E-state index in [-0.39, 0.29) is 18.3 Å². The molecular formula is C18H29FN4O2. The summed E-state index contributed by atoms with van der Waals surface area (Å²) in [6.45, 7) is 9.04. The average molecular weight is 352 g/mol. The van der Waals surface area contributed by atoms with Crippen LogP contribution in [-0.2, 0) is 9.53 Å². The van der Waals surface area contributed by atoms with Gasteiger partial charge >= 0.3 is 0 Å². The lowest BCUT2D eigenvalue weighted by Gasteiger charge is -2.12. The van der Waals surface area contributed by atoms with Gasteiger partial charge in [-0.2, -0.15) is 0 Å². The second-order valence-electron chi connectivity index (χ2n) is 6.00. The molecule has 3 N–H and O–H groups in total. The molecule has 0 spiro atoms. The van der Waals surface area contributed by atoms with Crippen molar-refractivity contribution in [1.82, 2.24) is 10.6 Å². The monoisotopic (exact) mass is 352 g/mol. The Labute approximate surface area is 149 Å². The highest BCUT2D eigenvalue weighted by molar-refractivity contribution is 5.94. The van der Waals surface area contributed by atoms with Gasteiger partial charge in [0.25, 0.3) is 0 Å². The first-order valence-electron chi connectivity index (χ1n) is 8.66. The van der Waals surface area contributed by atoms with Crippen LogP contribution in [-0.4, -0.2) is 44.7 Å². The van der Waals surface area contributed by atoms with E-state index < -0.39 is 0 Å². The normalized spacial score (nSPS) is 11.5. The van der Waals surface area contributed by atoms with Crippen molar-refractivity contribution in [3.05, 3.63) is 30.1 Å². The maximum absolute atomic E-state index is 12.8. The van der Waals surface area contributed by atoms with Crippen molar-refractivity contribution in [3.8, 4) is 0 Å². The minimum atomic E-state index is -0.341. The number of guanidine groups is 1. The van der Waals surface area contributed by atoms with E-state index in [1.165, 1.54) is 24.3 Å². The summed E-state index contributed by atoms with van der Waals surface area (Å²) in [4.78, 5) is 16.1. The number of aliphatic imine (C=N–C) groups is 1.